The number of carbonyl (C=O) groups is 1. The zero-order chi connectivity index (χ0) is 15.0. The number of hydrogen-bond acceptors (Lipinski definition) is 2. The van der Waals surface area contributed by atoms with Crippen molar-refractivity contribution >= 4 is 5.97 Å². The van der Waals surface area contributed by atoms with Gasteiger partial charge in [0.1, 0.15) is 0 Å². The van der Waals surface area contributed by atoms with E-state index in [-0.39, 0.29) is 0 Å². The highest BCUT2D eigenvalue weighted by Crippen LogP contribution is 2.25. The summed E-state index contributed by atoms with van der Waals surface area (Å²) in [5.74, 6) is -0.355. The molecule has 3 nitrogen and oxygen atoms in total. The Bertz CT molecular complexity index is 383. The molecule has 0 bridgehead atoms. The molecule has 1 aliphatic carbocycles. The van der Waals surface area contributed by atoms with Gasteiger partial charge >= 0.3 is 5.97 Å². The Morgan fingerprint density at radius 1 is 1.15 bits per heavy atom. The highest BCUT2D eigenvalue weighted by atomic mass is 16.4. The van der Waals surface area contributed by atoms with E-state index in [0.717, 1.165) is 11.5 Å². The van der Waals surface area contributed by atoms with Crippen LogP contribution in [0.5, 0.6) is 0 Å². The SMILES string of the molecule is C[C@H](C(=O)O)c1ccccc1.C[C@H](N)C1CCCCC1. The molecule has 0 aliphatic heterocycles. The first-order valence-corrected chi connectivity index (χ1v) is 7.55. The average Bonchev–Trinajstić information content (AvgIpc) is 2.49. The maximum Gasteiger partial charge on any atom is 0.310 e. The topological polar surface area (TPSA) is 63.3 Å². The van der Waals surface area contributed by atoms with E-state index in [4.69, 9.17) is 10.8 Å². The van der Waals surface area contributed by atoms with Gasteiger partial charge in [0.05, 0.1) is 5.92 Å². The summed E-state index contributed by atoms with van der Waals surface area (Å²) in [6.45, 7) is 3.81. The number of benzene rings is 1. The highest BCUT2D eigenvalue weighted by molar-refractivity contribution is 5.75. The molecular weight excluding hydrogens is 250 g/mol. The predicted molar refractivity (Wildman–Crippen MR) is 82.7 cm³/mol. The van der Waals surface area contributed by atoms with Gasteiger partial charge in [0.25, 0.3) is 0 Å². The highest BCUT2D eigenvalue weighted by Gasteiger charge is 2.16. The average molecular weight is 277 g/mol. The lowest BCUT2D eigenvalue weighted by molar-refractivity contribution is -0.138. The van der Waals surface area contributed by atoms with Gasteiger partial charge in [-0.25, -0.2) is 0 Å². The summed E-state index contributed by atoms with van der Waals surface area (Å²) < 4.78 is 0. The van der Waals surface area contributed by atoms with Crippen LogP contribution in [0, 0.1) is 5.92 Å². The van der Waals surface area contributed by atoms with E-state index in [1.807, 2.05) is 30.3 Å². The normalized spacial score (nSPS) is 18.6. The van der Waals surface area contributed by atoms with Crippen molar-refractivity contribution in [3.8, 4) is 0 Å². The molecule has 3 heteroatoms. The van der Waals surface area contributed by atoms with Crippen molar-refractivity contribution in [2.24, 2.45) is 11.7 Å². The van der Waals surface area contributed by atoms with Gasteiger partial charge in [0.2, 0.25) is 0 Å². The van der Waals surface area contributed by atoms with E-state index in [2.05, 4.69) is 6.92 Å². The number of hydrogen-bond donors (Lipinski definition) is 2. The zero-order valence-electron chi connectivity index (χ0n) is 12.6. The van der Waals surface area contributed by atoms with Crippen molar-refractivity contribution in [2.45, 2.75) is 57.9 Å². The number of rotatable bonds is 3. The fraction of sp³-hybridized carbons (Fsp3) is 0.588. The molecule has 1 aliphatic rings. The first-order valence-electron chi connectivity index (χ1n) is 7.55. The minimum Gasteiger partial charge on any atom is -0.481 e. The van der Waals surface area contributed by atoms with E-state index in [9.17, 15) is 4.79 Å². The van der Waals surface area contributed by atoms with Crippen molar-refractivity contribution < 1.29 is 9.90 Å². The molecule has 0 saturated heterocycles. The third-order valence-electron chi connectivity index (χ3n) is 4.06. The van der Waals surface area contributed by atoms with E-state index in [0.29, 0.717) is 6.04 Å². The van der Waals surface area contributed by atoms with Crippen LogP contribution >= 0.6 is 0 Å². The molecule has 0 amide bonds. The Balaban J connectivity index is 0.000000204. The molecular formula is C17H27NO2. The maximum atomic E-state index is 10.5. The van der Waals surface area contributed by atoms with Gasteiger partial charge in [-0.1, -0.05) is 49.6 Å². The van der Waals surface area contributed by atoms with Crippen molar-refractivity contribution in [2.75, 3.05) is 0 Å². The molecule has 112 valence electrons. The summed E-state index contributed by atoms with van der Waals surface area (Å²) >= 11 is 0. The first kappa shape index (κ1) is 16.7. The van der Waals surface area contributed by atoms with Crippen LogP contribution in [0.2, 0.25) is 0 Å². The molecule has 20 heavy (non-hydrogen) atoms. The molecule has 0 unspecified atom stereocenters. The Kier molecular flexibility index (Phi) is 7.31. The van der Waals surface area contributed by atoms with Crippen LogP contribution in [0.3, 0.4) is 0 Å². The maximum absolute atomic E-state index is 10.5. The van der Waals surface area contributed by atoms with Crippen molar-refractivity contribution in [3.63, 3.8) is 0 Å². The lowest BCUT2D eigenvalue weighted by Gasteiger charge is -2.24. The van der Waals surface area contributed by atoms with E-state index in [1.165, 1.54) is 32.1 Å². The summed E-state index contributed by atoms with van der Waals surface area (Å²) in [7, 11) is 0. The third-order valence-corrected chi connectivity index (χ3v) is 4.06. The van der Waals surface area contributed by atoms with Gasteiger partial charge in [-0.2, -0.15) is 0 Å². The molecule has 0 spiro atoms. The lowest BCUT2D eigenvalue weighted by Crippen LogP contribution is -2.27. The molecule has 3 N–H and O–H groups in total. The van der Waals surface area contributed by atoms with Crippen LogP contribution in [0.25, 0.3) is 0 Å². The molecule has 0 radical (unpaired) electrons. The van der Waals surface area contributed by atoms with Crippen LogP contribution in [-0.2, 0) is 4.79 Å². The Labute approximate surface area is 122 Å². The summed E-state index contributed by atoms with van der Waals surface area (Å²) in [5.41, 5.74) is 6.61. The standard InChI is InChI=1S/C9H10O2.C8H17N/c1-7(9(10)11)8-5-3-2-4-6-8;1-7(9)8-5-3-2-4-6-8/h2-7H,1H3,(H,10,11);7-8H,2-6,9H2,1H3/t2*7-/m00/s1. The lowest BCUT2D eigenvalue weighted by atomic mass is 9.85. The monoisotopic (exact) mass is 277 g/mol. The van der Waals surface area contributed by atoms with E-state index in [1.54, 1.807) is 6.92 Å². The van der Waals surface area contributed by atoms with Gasteiger partial charge in [0, 0.05) is 6.04 Å². The third kappa shape index (κ3) is 5.74. The smallest absolute Gasteiger partial charge is 0.310 e. The molecule has 0 aromatic heterocycles. The first-order chi connectivity index (χ1) is 9.52. The van der Waals surface area contributed by atoms with E-state index >= 15 is 0 Å². The summed E-state index contributed by atoms with van der Waals surface area (Å²) in [5, 5.41) is 8.64. The molecule has 2 atom stereocenters. The Morgan fingerprint density at radius 2 is 1.70 bits per heavy atom. The van der Waals surface area contributed by atoms with Gasteiger partial charge < -0.3 is 10.8 Å². The number of carboxylic acid groups (broad SMARTS) is 1. The molecule has 2 rings (SSSR count). The molecule has 1 aromatic carbocycles. The van der Waals surface area contributed by atoms with Crippen LogP contribution in [0.15, 0.2) is 30.3 Å². The predicted octanol–water partition coefficient (Wildman–Crippen LogP) is 3.79. The largest absolute Gasteiger partial charge is 0.481 e. The van der Waals surface area contributed by atoms with Crippen LogP contribution < -0.4 is 5.73 Å². The van der Waals surface area contributed by atoms with Crippen LogP contribution in [0.4, 0.5) is 0 Å². The van der Waals surface area contributed by atoms with Crippen molar-refractivity contribution in [1.29, 1.82) is 0 Å². The number of carboxylic acids is 1. The van der Waals surface area contributed by atoms with Gasteiger partial charge in [-0.05, 0) is 38.2 Å². The molecule has 1 saturated carbocycles. The fourth-order valence-corrected chi connectivity index (χ4v) is 2.54. The second-order valence-electron chi connectivity index (χ2n) is 5.73. The Hall–Kier alpha value is -1.35. The number of aliphatic carboxylic acids is 1. The van der Waals surface area contributed by atoms with Crippen molar-refractivity contribution in [1.82, 2.24) is 0 Å². The van der Waals surface area contributed by atoms with Gasteiger partial charge in [-0.15, -0.1) is 0 Å². The molecule has 1 aromatic rings. The van der Waals surface area contributed by atoms with Gasteiger partial charge in [-0.3, -0.25) is 4.79 Å². The fourth-order valence-electron chi connectivity index (χ4n) is 2.54. The summed E-state index contributed by atoms with van der Waals surface area (Å²) in [4.78, 5) is 10.5. The minimum absolute atomic E-state index is 0.406. The molecule has 0 heterocycles. The van der Waals surface area contributed by atoms with Crippen LogP contribution in [0.1, 0.15) is 57.4 Å². The Morgan fingerprint density at radius 3 is 2.10 bits per heavy atom. The van der Waals surface area contributed by atoms with Crippen LogP contribution in [-0.4, -0.2) is 17.1 Å². The van der Waals surface area contributed by atoms with E-state index < -0.39 is 11.9 Å². The summed E-state index contributed by atoms with van der Waals surface area (Å²) in [6.07, 6.45) is 7.00. The second kappa shape index (κ2) is 8.75. The number of nitrogens with two attached hydrogens (primary N) is 1. The quantitative estimate of drug-likeness (QED) is 0.883. The van der Waals surface area contributed by atoms with Gasteiger partial charge in [0.15, 0.2) is 0 Å². The molecule has 1 fully saturated rings. The van der Waals surface area contributed by atoms with Crippen molar-refractivity contribution in [3.05, 3.63) is 35.9 Å². The minimum atomic E-state index is -0.781. The second-order valence-corrected chi connectivity index (χ2v) is 5.73. The summed E-state index contributed by atoms with van der Waals surface area (Å²) in [6, 6.07) is 9.63. The zero-order valence-corrected chi connectivity index (χ0v) is 12.6.